The number of phenols is 2. The Hall–Kier alpha value is -3.26. The summed E-state index contributed by atoms with van der Waals surface area (Å²) in [6.45, 7) is 1.68. The highest BCUT2D eigenvalue weighted by Gasteiger charge is 2.33. The lowest BCUT2D eigenvalue weighted by molar-refractivity contribution is -0.139. The summed E-state index contributed by atoms with van der Waals surface area (Å²) >= 11 is 6.20. The Bertz CT molecular complexity index is 987. The molecule has 0 aliphatic carbocycles. The zero-order valence-corrected chi connectivity index (χ0v) is 16.1. The number of carbonyl (C=O) groups is 3. The highest BCUT2D eigenvalue weighted by atomic mass is 35.5. The van der Waals surface area contributed by atoms with Crippen molar-refractivity contribution in [2.24, 2.45) is 0 Å². The van der Waals surface area contributed by atoms with E-state index in [0.29, 0.717) is 11.1 Å². The van der Waals surface area contributed by atoms with Gasteiger partial charge in [-0.05, 0) is 36.2 Å². The average Bonchev–Trinajstić information content (AvgIpc) is 2.65. The fourth-order valence-electron chi connectivity index (χ4n) is 3.15. The lowest BCUT2D eigenvalue weighted by Gasteiger charge is -2.24. The van der Waals surface area contributed by atoms with Crippen LogP contribution >= 0.6 is 11.6 Å². The molecule has 29 heavy (non-hydrogen) atoms. The van der Waals surface area contributed by atoms with Gasteiger partial charge in [-0.2, -0.15) is 0 Å². The Morgan fingerprint density at radius 1 is 1.28 bits per heavy atom. The number of nitrogens with one attached hydrogen (secondary N) is 1. The van der Waals surface area contributed by atoms with Crippen molar-refractivity contribution in [2.75, 3.05) is 0 Å². The van der Waals surface area contributed by atoms with Crippen LogP contribution in [0.4, 0.5) is 0 Å². The van der Waals surface area contributed by atoms with E-state index >= 15 is 0 Å². The Balaban J connectivity index is 1.88. The highest BCUT2D eigenvalue weighted by Crippen LogP contribution is 2.36. The first-order valence-electron chi connectivity index (χ1n) is 8.74. The Labute approximate surface area is 170 Å². The van der Waals surface area contributed by atoms with Crippen molar-refractivity contribution in [1.82, 2.24) is 5.32 Å². The van der Waals surface area contributed by atoms with Gasteiger partial charge >= 0.3 is 11.9 Å². The molecule has 0 aromatic heterocycles. The standard InChI is InChI=1S/C20H18ClNO7/c1-9-6-12-14(21)8-13(17(24)16(12)20(28)29-9)18(25)22-15(19(26)27)7-10-2-4-11(23)5-3-10/h2-5,8-9,15,23-24H,6-7H2,1H3,(H,22,25)(H,26,27)/t9?,15-/m0/s1. The van der Waals surface area contributed by atoms with Crippen molar-refractivity contribution in [2.45, 2.75) is 31.9 Å². The molecule has 3 rings (SSSR count). The number of aromatic hydroxyl groups is 2. The maximum Gasteiger partial charge on any atom is 0.342 e. The predicted octanol–water partition coefficient (Wildman–Crippen LogP) is 2.28. The van der Waals surface area contributed by atoms with E-state index in [2.05, 4.69) is 5.32 Å². The van der Waals surface area contributed by atoms with Crippen LogP contribution in [0.15, 0.2) is 30.3 Å². The van der Waals surface area contributed by atoms with Gasteiger partial charge in [-0.15, -0.1) is 0 Å². The number of carboxylic acids is 1. The molecule has 0 radical (unpaired) electrons. The lowest BCUT2D eigenvalue weighted by atomic mass is 9.95. The molecule has 2 aromatic carbocycles. The lowest BCUT2D eigenvalue weighted by Crippen LogP contribution is -2.42. The smallest absolute Gasteiger partial charge is 0.342 e. The molecule has 0 bridgehead atoms. The van der Waals surface area contributed by atoms with Gasteiger partial charge in [-0.1, -0.05) is 23.7 Å². The monoisotopic (exact) mass is 419 g/mol. The van der Waals surface area contributed by atoms with Gasteiger partial charge < -0.3 is 25.4 Å². The zero-order valence-electron chi connectivity index (χ0n) is 15.3. The SMILES string of the molecule is CC1Cc2c(Cl)cc(C(=O)N[C@@H](Cc3ccc(O)cc3)C(=O)O)c(O)c2C(=O)O1. The predicted molar refractivity (Wildman–Crippen MR) is 102 cm³/mol. The van der Waals surface area contributed by atoms with Crippen molar-refractivity contribution in [3.63, 3.8) is 0 Å². The molecule has 1 heterocycles. The first-order chi connectivity index (χ1) is 13.7. The number of esters is 1. The van der Waals surface area contributed by atoms with Gasteiger partial charge in [0.05, 0.1) is 5.56 Å². The summed E-state index contributed by atoms with van der Waals surface area (Å²) in [7, 11) is 0. The second kappa shape index (κ2) is 8.00. The van der Waals surface area contributed by atoms with Crippen LogP contribution in [-0.4, -0.2) is 45.3 Å². The molecule has 0 spiro atoms. The van der Waals surface area contributed by atoms with Crippen molar-refractivity contribution >= 4 is 29.4 Å². The van der Waals surface area contributed by atoms with Crippen LogP contribution in [0.3, 0.4) is 0 Å². The number of carbonyl (C=O) groups excluding carboxylic acids is 2. The van der Waals surface area contributed by atoms with Crippen molar-refractivity contribution in [3.05, 3.63) is 57.6 Å². The fourth-order valence-corrected chi connectivity index (χ4v) is 3.43. The summed E-state index contributed by atoms with van der Waals surface area (Å²) < 4.78 is 5.09. The number of carboxylic acid groups (broad SMARTS) is 1. The third-order valence-electron chi connectivity index (χ3n) is 4.58. The first-order valence-corrected chi connectivity index (χ1v) is 9.12. The van der Waals surface area contributed by atoms with E-state index in [4.69, 9.17) is 16.3 Å². The largest absolute Gasteiger partial charge is 0.508 e. The maximum absolute atomic E-state index is 12.6. The van der Waals surface area contributed by atoms with Crippen LogP contribution in [0.1, 0.15) is 38.8 Å². The quantitative estimate of drug-likeness (QED) is 0.546. The number of amides is 1. The van der Waals surface area contributed by atoms with Gasteiger partial charge in [0.1, 0.15) is 29.2 Å². The minimum atomic E-state index is -1.31. The minimum absolute atomic E-state index is 0.0273. The molecule has 8 nitrogen and oxygen atoms in total. The van der Waals surface area contributed by atoms with E-state index in [9.17, 15) is 29.7 Å². The van der Waals surface area contributed by atoms with Crippen molar-refractivity contribution in [1.29, 1.82) is 0 Å². The van der Waals surface area contributed by atoms with E-state index in [1.807, 2.05) is 0 Å². The van der Waals surface area contributed by atoms with E-state index in [1.54, 1.807) is 6.92 Å². The molecule has 2 aromatic rings. The minimum Gasteiger partial charge on any atom is -0.508 e. The number of fused-ring (bicyclic) bond motifs is 1. The highest BCUT2D eigenvalue weighted by molar-refractivity contribution is 6.32. The van der Waals surface area contributed by atoms with E-state index in [0.717, 1.165) is 0 Å². The molecule has 0 fully saturated rings. The second-order valence-electron chi connectivity index (χ2n) is 6.76. The van der Waals surface area contributed by atoms with Crippen LogP contribution in [0.2, 0.25) is 5.02 Å². The Morgan fingerprint density at radius 3 is 2.55 bits per heavy atom. The molecule has 4 N–H and O–H groups in total. The second-order valence-corrected chi connectivity index (χ2v) is 7.17. The van der Waals surface area contributed by atoms with E-state index in [1.165, 1.54) is 30.3 Å². The molecule has 9 heteroatoms. The molecule has 152 valence electrons. The Kier molecular flexibility index (Phi) is 5.65. The summed E-state index contributed by atoms with van der Waals surface area (Å²) in [5, 5.41) is 31.7. The molecule has 0 saturated heterocycles. The number of phenolic OH excluding ortho intramolecular Hbond substituents is 2. The molecule has 1 unspecified atom stereocenters. The summed E-state index contributed by atoms with van der Waals surface area (Å²) in [5.74, 6) is -3.56. The van der Waals surface area contributed by atoms with Crippen molar-refractivity contribution < 1.29 is 34.4 Å². The fraction of sp³-hybridized carbons (Fsp3) is 0.250. The molecule has 2 atom stereocenters. The molecule has 0 saturated carbocycles. The number of halogens is 1. The van der Waals surface area contributed by atoms with Crippen LogP contribution in [0.5, 0.6) is 11.5 Å². The molecule has 1 amide bonds. The van der Waals surface area contributed by atoms with E-state index < -0.39 is 35.7 Å². The molecule has 1 aliphatic rings. The Morgan fingerprint density at radius 2 is 1.93 bits per heavy atom. The third kappa shape index (κ3) is 4.27. The topological polar surface area (TPSA) is 133 Å². The zero-order chi connectivity index (χ0) is 21.3. The normalized spacial score (nSPS) is 16.5. The molecular weight excluding hydrogens is 402 g/mol. The van der Waals surface area contributed by atoms with Crippen LogP contribution in [0.25, 0.3) is 0 Å². The van der Waals surface area contributed by atoms with Gasteiger partial charge in [0.2, 0.25) is 0 Å². The number of rotatable bonds is 5. The molecular formula is C20H18ClNO7. The first kappa shape index (κ1) is 20.5. The van der Waals surface area contributed by atoms with Gasteiger partial charge in [-0.3, -0.25) is 4.79 Å². The summed E-state index contributed by atoms with van der Waals surface area (Å²) in [6, 6.07) is 5.75. The number of hydrogen-bond acceptors (Lipinski definition) is 6. The van der Waals surface area contributed by atoms with Gasteiger partial charge in [0.25, 0.3) is 5.91 Å². The third-order valence-corrected chi connectivity index (χ3v) is 4.92. The summed E-state index contributed by atoms with van der Waals surface area (Å²) in [6.07, 6.45) is -0.192. The van der Waals surface area contributed by atoms with Gasteiger partial charge in [0, 0.05) is 17.9 Å². The number of benzene rings is 2. The maximum atomic E-state index is 12.6. The van der Waals surface area contributed by atoms with Crippen LogP contribution < -0.4 is 5.32 Å². The number of hydrogen-bond donors (Lipinski definition) is 4. The van der Waals surface area contributed by atoms with Crippen LogP contribution in [-0.2, 0) is 22.4 Å². The summed E-state index contributed by atoms with van der Waals surface area (Å²) in [4.78, 5) is 36.4. The number of cyclic esters (lactones) is 1. The van der Waals surface area contributed by atoms with E-state index in [-0.39, 0.29) is 34.7 Å². The van der Waals surface area contributed by atoms with Crippen LogP contribution in [0, 0.1) is 0 Å². The summed E-state index contributed by atoms with van der Waals surface area (Å²) in [5.41, 5.74) is 0.437. The van der Waals surface area contributed by atoms with Crippen molar-refractivity contribution in [3.8, 4) is 11.5 Å². The average molecular weight is 420 g/mol. The molecule has 1 aliphatic heterocycles. The van der Waals surface area contributed by atoms with Gasteiger partial charge in [-0.25, -0.2) is 9.59 Å². The number of ether oxygens (including phenoxy) is 1. The number of aliphatic carboxylic acids is 1. The van der Waals surface area contributed by atoms with Gasteiger partial charge in [0.15, 0.2) is 0 Å².